The number of anilines is 1. The lowest BCUT2D eigenvalue weighted by molar-refractivity contribution is -0.135. The van der Waals surface area contributed by atoms with Crippen LogP contribution in [0.15, 0.2) is 34.9 Å². The lowest BCUT2D eigenvalue weighted by atomic mass is 9.87. The maximum atomic E-state index is 12.6. The van der Waals surface area contributed by atoms with Crippen molar-refractivity contribution in [3.05, 3.63) is 53.0 Å². The van der Waals surface area contributed by atoms with Crippen LogP contribution in [0.4, 0.5) is 5.69 Å². The molecule has 1 N–H and O–H groups in total. The van der Waals surface area contributed by atoms with Crippen LogP contribution in [0.3, 0.4) is 0 Å². The number of rotatable bonds is 3. The molecular formula is C17H17NO4. The summed E-state index contributed by atoms with van der Waals surface area (Å²) < 4.78 is 5.23. The fraction of sp³-hybridized carbons (Fsp3) is 0.294. The highest BCUT2D eigenvalue weighted by Gasteiger charge is 2.49. The molecule has 1 aromatic carbocycles. The van der Waals surface area contributed by atoms with E-state index in [1.807, 2.05) is 0 Å². The first kappa shape index (κ1) is 14.5. The Hall–Kier alpha value is -2.40. The Balaban J connectivity index is 2.01. The minimum atomic E-state index is -1.82. The fourth-order valence-corrected chi connectivity index (χ4v) is 3.10. The van der Waals surface area contributed by atoms with Crippen molar-refractivity contribution in [1.82, 2.24) is 0 Å². The molecule has 114 valence electrons. The number of benzene rings is 1. The van der Waals surface area contributed by atoms with E-state index in [9.17, 15) is 14.7 Å². The molecule has 0 spiro atoms. The second-order valence-electron chi connectivity index (χ2n) is 5.69. The van der Waals surface area contributed by atoms with Crippen LogP contribution in [-0.4, -0.2) is 23.8 Å². The number of hydrogen-bond acceptors (Lipinski definition) is 4. The number of furan rings is 1. The highest BCUT2D eigenvalue weighted by atomic mass is 16.3. The van der Waals surface area contributed by atoms with Gasteiger partial charge >= 0.3 is 0 Å². The first-order valence-corrected chi connectivity index (χ1v) is 7.04. The summed E-state index contributed by atoms with van der Waals surface area (Å²) in [5, 5.41) is 10.9. The van der Waals surface area contributed by atoms with Gasteiger partial charge in [0, 0.05) is 12.6 Å². The van der Waals surface area contributed by atoms with Crippen molar-refractivity contribution in [3.8, 4) is 0 Å². The van der Waals surface area contributed by atoms with E-state index in [1.54, 1.807) is 45.2 Å². The van der Waals surface area contributed by atoms with E-state index in [-0.39, 0.29) is 12.2 Å². The zero-order valence-corrected chi connectivity index (χ0v) is 12.7. The van der Waals surface area contributed by atoms with Crippen molar-refractivity contribution in [1.29, 1.82) is 0 Å². The number of amides is 1. The third-order valence-electron chi connectivity index (χ3n) is 4.22. The molecule has 5 heteroatoms. The van der Waals surface area contributed by atoms with E-state index in [4.69, 9.17) is 4.42 Å². The number of carbonyl (C=O) groups excluding carboxylic acids is 2. The molecule has 1 aromatic heterocycles. The van der Waals surface area contributed by atoms with Gasteiger partial charge in [-0.1, -0.05) is 18.2 Å². The molecule has 1 atom stereocenters. The average Bonchev–Trinajstić information content (AvgIpc) is 2.92. The molecule has 0 unspecified atom stereocenters. The topological polar surface area (TPSA) is 70.7 Å². The van der Waals surface area contributed by atoms with Gasteiger partial charge in [0.05, 0.1) is 23.9 Å². The molecule has 0 saturated heterocycles. The number of likely N-dealkylation sites (N-methyl/N-ethyl adjacent to an activating group) is 1. The first-order valence-electron chi connectivity index (χ1n) is 7.04. The SMILES string of the molecule is Cc1coc(C)c1C(=O)C[C@@]1(O)C(=O)N(C)c2ccccc21. The van der Waals surface area contributed by atoms with Gasteiger partial charge < -0.3 is 14.4 Å². The van der Waals surface area contributed by atoms with E-state index in [2.05, 4.69) is 0 Å². The Morgan fingerprint density at radius 3 is 2.64 bits per heavy atom. The largest absolute Gasteiger partial charge is 0.469 e. The van der Waals surface area contributed by atoms with Crippen molar-refractivity contribution in [2.75, 3.05) is 11.9 Å². The Morgan fingerprint density at radius 1 is 1.32 bits per heavy atom. The highest BCUT2D eigenvalue weighted by molar-refractivity contribution is 6.10. The maximum Gasteiger partial charge on any atom is 0.263 e. The molecule has 0 radical (unpaired) electrons. The molecule has 1 aliphatic heterocycles. The van der Waals surface area contributed by atoms with Crippen LogP contribution in [-0.2, 0) is 10.4 Å². The Kier molecular flexibility index (Phi) is 3.18. The van der Waals surface area contributed by atoms with Crippen LogP contribution in [0.1, 0.15) is 33.7 Å². The fourth-order valence-electron chi connectivity index (χ4n) is 3.10. The number of nitrogens with zero attached hydrogens (tertiary/aromatic N) is 1. The molecule has 1 aliphatic rings. The third-order valence-corrected chi connectivity index (χ3v) is 4.22. The molecule has 3 rings (SSSR count). The van der Waals surface area contributed by atoms with Gasteiger partial charge in [-0.25, -0.2) is 0 Å². The number of ketones is 1. The lowest BCUT2D eigenvalue weighted by Crippen LogP contribution is -2.40. The Labute approximate surface area is 128 Å². The second-order valence-corrected chi connectivity index (χ2v) is 5.69. The summed E-state index contributed by atoms with van der Waals surface area (Å²) in [5.74, 6) is -0.288. The zero-order chi connectivity index (χ0) is 16.1. The summed E-state index contributed by atoms with van der Waals surface area (Å²) in [5.41, 5.74) is 0.419. The summed E-state index contributed by atoms with van der Waals surface area (Å²) in [6.07, 6.45) is 1.21. The van der Waals surface area contributed by atoms with Crippen molar-refractivity contribution < 1.29 is 19.1 Å². The molecule has 0 fully saturated rings. The van der Waals surface area contributed by atoms with Crippen molar-refractivity contribution in [3.63, 3.8) is 0 Å². The number of carbonyl (C=O) groups is 2. The molecule has 5 nitrogen and oxygen atoms in total. The normalized spacial score (nSPS) is 20.4. The molecule has 0 bridgehead atoms. The zero-order valence-electron chi connectivity index (χ0n) is 12.7. The van der Waals surface area contributed by atoms with Gasteiger partial charge in [0.1, 0.15) is 5.76 Å². The molecule has 2 heterocycles. The number of aryl methyl sites for hydroxylation is 2. The predicted octanol–water partition coefficient (Wildman–Crippen LogP) is 2.33. The van der Waals surface area contributed by atoms with Crippen LogP contribution in [0, 0.1) is 13.8 Å². The molecule has 0 saturated carbocycles. The van der Waals surface area contributed by atoms with E-state index >= 15 is 0 Å². The summed E-state index contributed by atoms with van der Waals surface area (Å²) in [6, 6.07) is 6.97. The number of hydrogen-bond donors (Lipinski definition) is 1. The van der Waals surface area contributed by atoms with Crippen LogP contribution < -0.4 is 4.90 Å². The second kappa shape index (κ2) is 4.81. The molecule has 0 aliphatic carbocycles. The number of fused-ring (bicyclic) bond motifs is 1. The molecule has 2 aromatic rings. The number of aliphatic hydroxyl groups is 1. The van der Waals surface area contributed by atoms with E-state index in [1.165, 1.54) is 11.2 Å². The van der Waals surface area contributed by atoms with Crippen LogP contribution in [0.25, 0.3) is 0 Å². The minimum Gasteiger partial charge on any atom is -0.469 e. The minimum absolute atomic E-state index is 0.297. The van der Waals surface area contributed by atoms with Gasteiger partial charge in [0.25, 0.3) is 5.91 Å². The van der Waals surface area contributed by atoms with Gasteiger partial charge in [0.2, 0.25) is 0 Å². The van der Waals surface area contributed by atoms with Crippen LogP contribution in [0.2, 0.25) is 0 Å². The van der Waals surface area contributed by atoms with Crippen molar-refractivity contribution >= 4 is 17.4 Å². The smallest absolute Gasteiger partial charge is 0.263 e. The predicted molar refractivity (Wildman–Crippen MR) is 80.9 cm³/mol. The van der Waals surface area contributed by atoms with Gasteiger partial charge in [-0.3, -0.25) is 9.59 Å². The first-order chi connectivity index (χ1) is 10.4. The quantitative estimate of drug-likeness (QED) is 0.883. The Bertz CT molecular complexity index is 757. The summed E-state index contributed by atoms with van der Waals surface area (Å²) in [4.78, 5) is 26.4. The van der Waals surface area contributed by atoms with Gasteiger partial charge in [-0.2, -0.15) is 0 Å². The standard InChI is InChI=1S/C17H17NO4/c1-10-9-22-11(2)15(10)14(19)8-17(21)12-6-4-5-7-13(12)18(3)16(17)20/h4-7,9,21H,8H2,1-3H3/t17-/m0/s1. The monoisotopic (exact) mass is 299 g/mol. The number of Topliss-reactive ketones (excluding diaryl/α,β-unsaturated/α-hetero) is 1. The Morgan fingerprint density at radius 2 is 2.00 bits per heavy atom. The van der Waals surface area contributed by atoms with Crippen molar-refractivity contribution in [2.45, 2.75) is 25.9 Å². The van der Waals surface area contributed by atoms with E-state index in [0.717, 1.165) is 0 Å². The third kappa shape index (κ3) is 1.89. The van der Waals surface area contributed by atoms with Crippen molar-refractivity contribution in [2.24, 2.45) is 0 Å². The summed E-state index contributed by atoms with van der Waals surface area (Å²) >= 11 is 0. The maximum absolute atomic E-state index is 12.6. The van der Waals surface area contributed by atoms with Gasteiger partial charge in [-0.15, -0.1) is 0 Å². The number of para-hydroxylation sites is 1. The molecule has 22 heavy (non-hydrogen) atoms. The highest BCUT2D eigenvalue weighted by Crippen LogP contribution is 2.42. The lowest BCUT2D eigenvalue weighted by Gasteiger charge is -2.21. The molecule has 1 amide bonds. The summed E-state index contributed by atoms with van der Waals surface area (Å²) in [7, 11) is 1.60. The molecular weight excluding hydrogens is 282 g/mol. The summed E-state index contributed by atoms with van der Waals surface area (Å²) in [6.45, 7) is 3.46. The van der Waals surface area contributed by atoms with E-state index in [0.29, 0.717) is 28.1 Å². The van der Waals surface area contributed by atoms with Gasteiger partial charge in [0.15, 0.2) is 11.4 Å². The van der Waals surface area contributed by atoms with E-state index < -0.39 is 11.5 Å². The van der Waals surface area contributed by atoms with Crippen LogP contribution >= 0.6 is 0 Å². The van der Waals surface area contributed by atoms with Gasteiger partial charge in [-0.05, 0) is 25.5 Å². The average molecular weight is 299 g/mol. The van der Waals surface area contributed by atoms with Crippen LogP contribution in [0.5, 0.6) is 0 Å².